The predicted octanol–water partition coefficient (Wildman–Crippen LogP) is 2.95. The lowest BCUT2D eigenvalue weighted by molar-refractivity contribution is 0.579. The normalized spacial score (nSPS) is 15.3. The molecule has 0 unspecified atom stereocenters. The minimum atomic E-state index is -3.33. The van der Waals surface area contributed by atoms with E-state index in [0.29, 0.717) is 5.92 Å². The van der Waals surface area contributed by atoms with Gasteiger partial charge < -0.3 is 0 Å². The lowest BCUT2D eigenvalue weighted by Crippen LogP contribution is -2.24. The van der Waals surface area contributed by atoms with Gasteiger partial charge >= 0.3 is 0 Å². The van der Waals surface area contributed by atoms with Crippen LogP contribution in [-0.4, -0.2) is 13.4 Å². The number of nitrogens with zero attached hydrogens (tertiary/aromatic N) is 1. The van der Waals surface area contributed by atoms with Crippen molar-refractivity contribution in [2.75, 3.05) is 0 Å². The fourth-order valence-electron chi connectivity index (χ4n) is 2.18. The van der Waals surface area contributed by atoms with Crippen LogP contribution < -0.4 is 4.72 Å². The van der Waals surface area contributed by atoms with E-state index >= 15 is 0 Å². The third kappa shape index (κ3) is 4.12. The van der Waals surface area contributed by atoms with Gasteiger partial charge in [0.2, 0.25) is 10.0 Å². The van der Waals surface area contributed by atoms with E-state index in [1.54, 1.807) is 11.3 Å². The fourth-order valence-corrected chi connectivity index (χ4v) is 4.26. The van der Waals surface area contributed by atoms with Crippen molar-refractivity contribution in [3.8, 4) is 0 Å². The first-order valence-corrected chi connectivity index (χ1v) is 9.52. The first-order chi connectivity index (χ1) is 10.0. The molecule has 1 aromatic heterocycles. The number of hydrogen-bond donors (Lipinski definition) is 1. The van der Waals surface area contributed by atoms with Gasteiger partial charge in [-0.05, 0) is 25.3 Å². The molecular weight excluding hydrogens is 304 g/mol. The van der Waals surface area contributed by atoms with Gasteiger partial charge in [-0.25, -0.2) is 18.1 Å². The summed E-state index contributed by atoms with van der Waals surface area (Å²) in [5.41, 5.74) is 2.69. The Kier molecular flexibility index (Phi) is 4.10. The van der Waals surface area contributed by atoms with E-state index in [4.69, 9.17) is 0 Å². The smallest absolute Gasteiger partial charge is 0.216 e. The molecule has 0 saturated heterocycles. The number of thiazole rings is 1. The molecule has 0 aliphatic heterocycles. The Labute approximate surface area is 129 Å². The second-order valence-corrected chi connectivity index (χ2v) is 8.22. The van der Waals surface area contributed by atoms with E-state index in [9.17, 15) is 8.42 Å². The Morgan fingerprint density at radius 1 is 1.38 bits per heavy atom. The minimum Gasteiger partial charge on any atom is -0.245 e. The fraction of sp³-hybridized carbons (Fsp3) is 0.400. The van der Waals surface area contributed by atoms with Crippen LogP contribution >= 0.6 is 11.3 Å². The lowest BCUT2D eigenvalue weighted by Gasteiger charge is -2.06. The number of hydrogen-bond acceptors (Lipinski definition) is 4. The Morgan fingerprint density at radius 2 is 2.19 bits per heavy atom. The summed E-state index contributed by atoms with van der Waals surface area (Å²) < 4.78 is 26.8. The maximum atomic E-state index is 12.1. The number of nitrogens with one attached hydrogen (secondary N) is 1. The third-order valence-electron chi connectivity index (χ3n) is 3.41. The van der Waals surface area contributed by atoms with Gasteiger partial charge in [-0.3, -0.25) is 0 Å². The summed E-state index contributed by atoms with van der Waals surface area (Å²) in [6, 6.07) is 7.56. The third-order valence-corrected chi connectivity index (χ3v) is 5.76. The number of benzene rings is 1. The SMILES string of the molecule is Cc1cccc(CS(=O)(=O)NCc2csc(C3CC3)n2)c1. The highest BCUT2D eigenvalue weighted by molar-refractivity contribution is 7.88. The zero-order valence-corrected chi connectivity index (χ0v) is 13.5. The summed E-state index contributed by atoms with van der Waals surface area (Å²) in [5, 5.41) is 3.09. The van der Waals surface area contributed by atoms with Gasteiger partial charge in [0.1, 0.15) is 0 Å². The second-order valence-electron chi connectivity index (χ2n) is 5.52. The largest absolute Gasteiger partial charge is 0.245 e. The highest BCUT2D eigenvalue weighted by Crippen LogP contribution is 2.41. The number of aryl methyl sites for hydroxylation is 1. The summed E-state index contributed by atoms with van der Waals surface area (Å²) in [7, 11) is -3.33. The van der Waals surface area contributed by atoms with Crippen LogP contribution in [0.25, 0.3) is 0 Å². The number of sulfonamides is 1. The van der Waals surface area contributed by atoms with Crippen molar-refractivity contribution in [3.05, 3.63) is 51.5 Å². The standard InChI is InChI=1S/C15H18N2O2S2/c1-11-3-2-4-12(7-11)10-21(18,19)16-8-14-9-20-15(17-14)13-5-6-13/h2-4,7,9,13,16H,5-6,8,10H2,1H3. The van der Waals surface area contributed by atoms with E-state index in [1.165, 1.54) is 12.8 Å². The monoisotopic (exact) mass is 322 g/mol. The first kappa shape index (κ1) is 14.7. The van der Waals surface area contributed by atoms with Crippen molar-refractivity contribution in [1.82, 2.24) is 9.71 Å². The summed E-state index contributed by atoms with van der Waals surface area (Å²) >= 11 is 1.63. The van der Waals surface area contributed by atoms with Crippen LogP contribution in [0.15, 0.2) is 29.6 Å². The molecule has 1 aliphatic rings. The van der Waals surface area contributed by atoms with Crippen LogP contribution in [0.5, 0.6) is 0 Å². The van der Waals surface area contributed by atoms with E-state index in [2.05, 4.69) is 9.71 Å². The highest BCUT2D eigenvalue weighted by Gasteiger charge is 2.26. The Hall–Kier alpha value is -1.24. The van der Waals surface area contributed by atoms with Gasteiger partial charge in [-0.15, -0.1) is 11.3 Å². The van der Waals surface area contributed by atoms with Gasteiger partial charge in [0.05, 0.1) is 23.0 Å². The van der Waals surface area contributed by atoms with Crippen LogP contribution in [0.2, 0.25) is 0 Å². The van der Waals surface area contributed by atoms with Gasteiger partial charge in [0.15, 0.2) is 0 Å². The quantitative estimate of drug-likeness (QED) is 0.889. The Balaban J connectivity index is 1.60. The molecule has 0 atom stereocenters. The molecule has 0 amide bonds. The maximum absolute atomic E-state index is 12.1. The Morgan fingerprint density at radius 3 is 2.90 bits per heavy atom. The molecular formula is C15H18N2O2S2. The molecule has 1 saturated carbocycles. The summed E-state index contributed by atoms with van der Waals surface area (Å²) in [6.07, 6.45) is 2.43. The molecule has 1 fully saturated rings. The summed E-state index contributed by atoms with van der Waals surface area (Å²) in [6.45, 7) is 2.23. The summed E-state index contributed by atoms with van der Waals surface area (Å²) in [5.74, 6) is 0.626. The van der Waals surface area contributed by atoms with Crippen molar-refractivity contribution < 1.29 is 8.42 Å². The molecule has 4 nitrogen and oxygen atoms in total. The molecule has 1 aliphatic carbocycles. The van der Waals surface area contributed by atoms with Crippen LogP contribution in [-0.2, 0) is 22.3 Å². The average molecular weight is 322 g/mol. The molecule has 1 aromatic carbocycles. The van der Waals surface area contributed by atoms with Gasteiger partial charge in [-0.1, -0.05) is 29.8 Å². The van der Waals surface area contributed by atoms with Crippen molar-refractivity contribution in [2.24, 2.45) is 0 Å². The van der Waals surface area contributed by atoms with Gasteiger partial charge in [0.25, 0.3) is 0 Å². The van der Waals surface area contributed by atoms with E-state index < -0.39 is 10.0 Å². The summed E-state index contributed by atoms with van der Waals surface area (Å²) in [4.78, 5) is 4.49. The van der Waals surface area contributed by atoms with Crippen LogP contribution in [0, 0.1) is 6.92 Å². The topological polar surface area (TPSA) is 59.1 Å². The van der Waals surface area contributed by atoms with Crippen molar-refractivity contribution in [3.63, 3.8) is 0 Å². The first-order valence-electron chi connectivity index (χ1n) is 6.99. The minimum absolute atomic E-state index is 0.00823. The molecule has 112 valence electrons. The van der Waals surface area contributed by atoms with Crippen molar-refractivity contribution >= 4 is 21.4 Å². The highest BCUT2D eigenvalue weighted by atomic mass is 32.2. The van der Waals surface area contributed by atoms with Crippen molar-refractivity contribution in [1.29, 1.82) is 0 Å². The lowest BCUT2D eigenvalue weighted by atomic mass is 10.2. The zero-order valence-electron chi connectivity index (χ0n) is 11.9. The van der Waals surface area contributed by atoms with Crippen LogP contribution in [0.3, 0.4) is 0 Å². The van der Waals surface area contributed by atoms with Gasteiger partial charge in [-0.2, -0.15) is 0 Å². The molecule has 1 N–H and O–H groups in total. The van der Waals surface area contributed by atoms with Crippen LogP contribution in [0.4, 0.5) is 0 Å². The van der Waals surface area contributed by atoms with Crippen molar-refractivity contribution in [2.45, 2.75) is 38.0 Å². The second kappa shape index (κ2) is 5.87. The molecule has 0 bridgehead atoms. The molecule has 21 heavy (non-hydrogen) atoms. The molecule has 0 spiro atoms. The Bertz CT molecular complexity index is 734. The maximum Gasteiger partial charge on any atom is 0.216 e. The molecule has 0 radical (unpaired) electrons. The molecule has 1 heterocycles. The van der Waals surface area contributed by atoms with E-state index in [-0.39, 0.29) is 12.3 Å². The molecule has 6 heteroatoms. The number of rotatable bonds is 6. The zero-order chi connectivity index (χ0) is 14.9. The molecule has 3 rings (SSSR count). The predicted molar refractivity (Wildman–Crippen MR) is 84.7 cm³/mol. The average Bonchev–Trinajstić information content (AvgIpc) is 3.15. The molecule has 2 aromatic rings. The van der Waals surface area contributed by atoms with E-state index in [0.717, 1.165) is 21.8 Å². The van der Waals surface area contributed by atoms with Gasteiger partial charge in [0, 0.05) is 11.3 Å². The number of aromatic nitrogens is 1. The van der Waals surface area contributed by atoms with E-state index in [1.807, 2.05) is 36.6 Å². The van der Waals surface area contributed by atoms with Crippen LogP contribution in [0.1, 0.15) is 40.6 Å².